The summed E-state index contributed by atoms with van der Waals surface area (Å²) in [5, 5.41) is 0. The maximum Gasteiger partial charge on any atom is -0.00217 e. The Morgan fingerprint density at radius 2 is 0.733 bits per heavy atom. The maximum atomic E-state index is 2.54. The molecule has 0 atom stereocenters. The van der Waals surface area contributed by atoms with Gasteiger partial charge in [-0.3, -0.25) is 0 Å². The van der Waals surface area contributed by atoms with Crippen LogP contribution in [0.5, 0.6) is 0 Å². The minimum absolute atomic E-state index is 0.859. The molecule has 0 spiro atoms. The van der Waals surface area contributed by atoms with E-state index < -0.39 is 0 Å². The Balaban J connectivity index is 3.08. The highest BCUT2D eigenvalue weighted by molar-refractivity contribution is 4.55. The molecule has 0 amide bonds. The van der Waals surface area contributed by atoms with Gasteiger partial charge in [-0.1, -0.05) is 143 Å². The van der Waals surface area contributed by atoms with E-state index in [1.165, 1.54) is 154 Å². The van der Waals surface area contributed by atoms with Gasteiger partial charge in [0.05, 0.1) is 0 Å². The van der Waals surface area contributed by atoms with Gasteiger partial charge in [-0.25, -0.2) is 0 Å². The molecule has 0 saturated heterocycles. The first-order valence-electron chi connectivity index (χ1n) is 14.3. The molecule has 1 nitrogen and oxygen atoms in total. The Morgan fingerprint density at radius 1 is 0.433 bits per heavy atom. The summed E-state index contributed by atoms with van der Waals surface area (Å²) in [5.74, 6) is 0.859. The smallest absolute Gasteiger partial charge is 0.00217 e. The third-order valence-corrected chi connectivity index (χ3v) is 6.71. The molecule has 0 radical (unpaired) electrons. The van der Waals surface area contributed by atoms with Crippen LogP contribution in [0.25, 0.3) is 0 Å². The predicted molar refractivity (Wildman–Crippen MR) is 140 cm³/mol. The standard InChI is InChI=1S/C29H61N/c1-5-6-7-8-9-10-11-12-13-14-15-16-17-18-19-20-21-22-23-24-27-30(4)28-25-26-29(2)3/h29H,5-28H2,1-4H3. The van der Waals surface area contributed by atoms with Crippen molar-refractivity contribution in [2.75, 3.05) is 20.1 Å². The van der Waals surface area contributed by atoms with Crippen molar-refractivity contribution < 1.29 is 0 Å². The lowest BCUT2D eigenvalue weighted by Gasteiger charge is -2.16. The van der Waals surface area contributed by atoms with Crippen LogP contribution in [0.3, 0.4) is 0 Å². The summed E-state index contributed by atoms with van der Waals surface area (Å²) < 4.78 is 0. The zero-order valence-electron chi connectivity index (χ0n) is 22.0. The summed E-state index contributed by atoms with van der Waals surface area (Å²) in [4.78, 5) is 2.54. The summed E-state index contributed by atoms with van der Waals surface area (Å²) >= 11 is 0. The molecular weight excluding hydrogens is 362 g/mol. The molecule has 0 rings (SSSR count). The van der Waals surface area contributed by atoms with Crippen LogP contribution in [0.2, 0.25) is 0 Å². The van der Waals surface area contributed by atoms with E-state index in [1.807, 2.05) is 0 Å². The normalized spacial score (nSPS) is 11.8. The molecule has 0 aromatic carbocycles. The van der Waals surface area contributed by atoms with Gasteiger partial charge in [-0.2, -0.15) is 0 Å². The van der Waals surface area contributed by atoms with Crippen LogP contribution < -0.4 is 0 Å². The lowest BCUT2D eigenvalue weighted by molar-refractivity contribution is 0.309. The average Bonchev–Trinajstić information content (AvgIpc) is 2.72. The van der Waals surface area contributed by atoms with E-state index in [0.717, 1.165) is 5.92 Å². The quantitative estimate of drug-likeness (QED) is 0.132. The van der Waals surface area contributed by atoms with Crippen LogP contribution in [0, 0.1) is 5.92 Å². The van der Waals surface area contributed by atoms with E-state index in [-0.39, 0.29) is 0 Å². The molecule has 1 heteroatoms. The first-order valence-corrected chi connectivity index (χ1v) is 14.3. The number of nitrogens with zero attached hydrogens (tertiary/aromatic N) is 1. The first kappa shape index (κ1) is 30.0. The summed E-state index contributed by atoms with van der Waals surface area (Å²) in [5.41, 5.74) is 0. The Labute approximate surface area is 193 Å². The lowest BCUT2D eigenvalue weighted by Crippen LogP contribution is -2.21. The SMILES string of the molecule is CCCCCCCCCCCCCCCCCCCCCCN(C)CCCC(C)C. The van der Waals surface area contributed by atoms with Gasteiger partial charge in [0, 0.05) is 0 Å². The average molecular weight is 424 g/mol. The molecular formula is C29H61N. The van der Waals surface area contributed by atoms with E-state index in [9.17, 15) is 0 Å². The molecule has 0 heterocycles. The minimum atomic E-state index is 0.859. The van der Waals surface area contributed by atoms with Crippen LogP contribution in [0.15, 0.2) is 0 Å². The molecule has 0 aromatic rings. The summed E-state index contributed by atoms with van der Waals surface area (Å²) in [6, 6.07) is 0. The second kappa shape index (κ2) is 25.2. The van der Waals surface area contributed by atoms with Gasteiger partial charge in [0.1, 0.15) is 0 Å². The van der Waals surface area contributed by atoms with Gasteiger partial charge >= 0.3 is 0 Å². The van der Waals surface area contributed by atoms with Crippen molar-refractivity contribution in [3.05, 3.63) is 0 Å². The predicted octanol–water partition coefficient (Wildman–Crippen LogP) is 10.2. The number of unbranched alkanes of at least 4 members (excludes halogenated alkanes) is 19. The van der Waals surface area contributed by atoms with Crippen LogP contribution in [-0.4, -0.2) is 25.0 Å². The van der Waals surface area contributed by atoms with E-state index in [4.69, 9.17) is 0 Å². The second-order valence-corrected chi connectivity index (χ2v) is 10.6. The van der Waals surface area contributed by atoms with E-state index in [0.29, 0.717) is 0 Å². The van der Waals surface area contributed by atoms with Gasteiger partial charge < -0.3 is 4.90 Å². The topological polar surface area (TPSA) is 3.24 Å². The zero-order chi connectivity index (χ0) is 22.1. The van der Waals surface area contributed by atoms with Crippen molar-refractivity contribution in [1.29, 1.82) is 0 Å². The van der Waals surface area contributed by atoms with Crippen molar-refractivity contribution in [2.45, 2.75) is 162 Å². The first-order chi connectivity index (χ1) is 14.7. The third kappa shape index (κ3) is 26.0. The molecule has 0 aliphatic carbocycles. The molecule has 0 aromatic heterocycles. The van der Waals surface area contributed by atoms with Crippen molar-refractivity contribution in [3.8, 4) is 0 Å². The number of hydrogen-bond acceptors (Lipinski definition) is 1. The third-order valence-electron chi connectivity index (χ3n) is 6.71. The Hall–Kier alpha value is -0.0400. The van der Waals surface area contributed by atoms with Crippen LogP contribution in [0.4, 0.5) is 0 Å². The summed E-state index contributed by atoms with van der Waals surface area (Å²) in [7, 11) is 2.30. The second-order valence-electron chi connectivity index (χ2n) is 10.6. The van der Waals surface area contributed by atoms with Crippen molar-refractivity contribution in [3.63, 3.8) is 0 Å². The molecule has 0 aliphatic heterocycles. The van der Waals surface area contributed by atoms with E-state index in [2.05, 4.69) is 32.7 Å². The Kier molecular flexibility index (Phi) is 25.2. The zero-order valence-corrected chi connectivity index (χ0v) is 22.0. The van der Waals surface area contributed by atoms with Crippen molar-refractivity contribution >= 4 is 0 Å². The summed E-state index contributed by atoms with van der Waals surface area (Å²) in [6.07, 6.45) is 32.1. The highest BCUT2D eigenvalue weighted by atomic mass is 15.1. The highest BCUT2D eigenvalue weighted by Gasteiger charge is 2.00. The monoisotopic (exact) mass is 423 g/mol. The molecule has 0 bridgehead atoms. The molecule has 30 heavy (non-hydrogen) atoms. The van der Waals surface area contributed by atoms with Gasteiger partial charge in [0.25, 0.3) is 0 Å². The van der Waals surface area contributed by atoms with Gasteiger partial charge in [-0.05, 0) is 45.3 Å². The maximum absolute atomic E-state index is 2.54. The van der Waals surface area contributed by atoms with Crippen molar-refractivity contribution in [1.82, 2.24) is 4.90 Å². The van der Waals surface area contributed by atoms with Gasteiger partial charge in [-0.15, -0.1) is 0 Å². The molecule has 182 valence electrons. The van der Waals surface area contributed by atoms with E-state index in [1.54, 1.807) is 0 Å². The lowest BCUT2D eigenvalue weighted by atomic mass is 10.0. The number of rotatable bonds is 25. The molecule has 0 N–H and O–H groups in total. The van der Waals surface area contributed by atoms with Crippen LogP contribution in [-0.2, 0) is 0 Å². The summed E-state index contributed by atoms with van der Waals surface area (Å²) in [6.45, 7) is 9.56. The van der Waals surface area contributed by atoms with Crippen molar-refractivity contribution in [2.24, 2.45) is 5.92 Å². The Morgan fingerprint density at radius 3 is 1.07 bits per heavy atom. The highest BCUT2D eigenvalue weighted by Crippen LogP contribution is 2.15. The van der Waals surface area contributed by atoms with Crippen LogP contribution >= 0.6 is 0 Å². The largest absolute Gasteiger partial charge is 0.306 e. The fourth-order valence-electron chi connectivity index (χ4n) is 4.52. The molecule has 0 saturated carbocycles. The van der Waals surface area contributed by atoms with Crippen LogP contribution in [0.1, 0.15) is 162 Å². The fourth-order valence-corrected chi connectivity index (χ4v) is 4.52. The van der Waals surface area contributed by atoms with E-state index >= 15 is 0 Å². The van der Waals surface area contributed by atoms with Gasteiger partial charge in [0.15, 0.2) is 0 Å². The molecule has 0 aliphatic rings. The minimum Gasteiger partial charge on any atom is -0.306 e. The molecule has 0 fully saturated rings. The number of hydrogen-bond donors (Lipinski definition) is 0. The Bertz CT molecular complexity index is 299. The van der Waals surface area contributed by atoms with Gasteiger partial charge in [0.2, 0.25) is 0 Å². The fraction of sp³-hybridized carbons (Fsp3) is 1.00. The molecule has 0 unspecified atom stereocenters.